The van der Waals surface area contributed by atoms with Crippen LogP contribution in [-0.2, 0) is 17.8 Å². The van der Waals surface area contributed by atoms with E-state index in [4.69, 9.17) is 4.74 Å². The topological polar surface area (TPSA) is 21.3 Å². The summed E-state index contributed by atoms with van der Waals surface area (Å²) in [5, 5.41) is 3.15. The van der Waals surface area contributed by atoms with Gasteiger partial charge in [0.2, 0.25) is 0 Å². The van der Waals surface area contributed by atoms with Gasteiger partial charge >= 0.3 is 0 Å². The van der Waals surface area contributed by atoms with E-state index in [1.807, 2.05) is 7.05 Å². The van der Waals surface area contributed by atoms with Crippen LogP contribution in [0.1, 0.15) is 31.9 Å². The van der Waals surface area contributed by atoms with Gasteiger partial charge in [-0.15, -0.1) is 0 Å². The monoisotopic (exact) mass is 221 g/mol. The van der Waals surface area contributed by atoms with Crippen molar-refractivity contribution in [2.45, 2.75) is 39.4 Å². The fourth-order valence-corrected chi connectivity index (χ4v) is 1.37. The smallest absolute Gasteiger partial charge is 0.0724 e. The number of likely N-dealkylation sites (N-methyl/N-ethyl adjacent to an activating group) is 1. The van der Waals surface area contributed by atoms with Crippen LogP contribution in [0.15, 0.2) is 24.3 Å². The minimum Gasteiger partial charge on any atom is -0.371 e. The highest BCUT2D eigenvalue weighted by molar-refractivity contribution is 5.22. The van der Waals surface area contributed by atoms with Gasteiger partial charge in [-0.3, -0.25) is 0 Å². The van der Waals surface area contributed by atoms with Gasteiger partial charge in [-0.25, -0.2) is 0 Å². The summed E-state index contributed by atoms with van der Waals surface area (Å²) in [4.78, 5) is 0. The van der Waals surface area contributed by atoms with E-state index >= 15 is 0 Å². The molecule has 0 aliphatic carbocycles. The van der Waals surface area contributed by atoms with Crippen LogP contribution in [0, 0.1) is 0 Å². The molecular formula is C14H23NO. The first-order chi connectivity index (χ1) is 7.51. The van der Waals surface area contributed by atoms with E-state index < -0.39 is 0 Å². The maximum Gasteiger partial charge on any atom is 0.0724 e. The average Bonchev–Trinajstić information content (AvgIpc) is 2.24. The van der Waals surface area contributed by atoms with E-state index in [0.717, 1.165) is 13.0 Å². The Kier molecular flexibility index (Phi) is 4.97. The minimum absolute atomic E-state index is 0.0647. The zero-order valence-electron chi connectivity index (χ0n) is 10.8. The molecule has 0 aromatic heterocycles. The lowest BCUT2D eigenvalue weighted by molar-refractivity contribution is -0.0149. The fourth-order valence-electron chi connectivity index (χ4n) is 1.37. The summed E-state index contributed by atoms with van der Waals surface area (Å²) in [6, 6.07) is 8.66. The third-order valence-corrected chi connectivity index (χ3v) is 2.36. The quantitative estimate of drug-likeness (QED) is 0.825. The van der Waals surface area contributed by atoms with Crippen molar-refractivity contribution in [3.05, 3.63) is 35.4 Å². The molecule has 1 rings (SSSR count). The van der Waals surface area contributed by atoms with Gasteiger partial charge in [0.15, 0.2) is 0 Å². The van der Waals surface area contributed by atoms with E-state index in [1.54, 1.807) is 0 Å². The second-order valence-corrected chi connectivity index (χ2v) is 5.07. The zero-order valence-corrected chi connectivity index (χ0v) is 10.8. The number of nitrogens with one attached hydrogen (secondary N) is 1. The molecule has 0 saturated heterocycles. The van der Waals surface area contributed by atoms with Gasteiger partial charge in [-0.1, -0.05) is 24.3 Å². The van der Waals surface area contributed by atoms with Crippen LogP contribution < -0.4 is 5.32 Å². The Morgan fingerprint density at radius 1 is 1.06 bits per heavy atom. The van der Waals surface area contributed by atoms with E-state index in [0.29, 0.717) is 6.61 Å². The molecule has 0 radical (unpaired) electrons. The summed E-state index contributed by atoms with van der Waals surface area (Å²) in [5.74, 6) is 0. The molecule has 0 fully saturated rings. The number of benzene rings is 1. The first-order valence-electron chi connectivity index (χ1n) is 5.87. The molecule has 2 nitrogen and oxygen atoms in total. The van der Waals surface area contributed by atoms with Gasteiger partial charge < -0.3 is 10.1 Å². The molecule has 0 heterocycles. The van der Waals surface area contributed by atoms with Crippen molar-refractivity contribution in [2.24, 2.45) is 0 Å². The van der Waals surface area contributed by atoms with Gasteiger partial charge in [0, 0.05) is 0 Å². The molecular weight excluding hydrogens is 198 g/mol. The lowest BCUT2D eigenvalue weighted by atomic mass is 10.1. The molecule has 0 spiro atoms. The van der Waals surface area contributed by atoms with Crippen molar-refractivity contribution in [1.82, 2.24) is 5.32 Å². The Morgan fingerprint density at radius 2 is 1.62 bits per heavy atom. The highest BCUT2D eigenvalue weighted by Crippen LogP contribution is 2.12. The van der Waals surface area contributed by atoms with Crippen LogP contribution in [0.3, 0.4) is 0 Å². The standard InChI is InChI=1S/C14H23NO/c1-14(2,3)16-11-13-7-5-12(6-8-13)9-10-15-4/h5-8,15H,9-11H2,1-4H3. The van der Waals surface area contributed by atoms with Crippen molar-refractivity contribution in [1.29, 1.82) is 0 Å². The van der Waals surface area contributed by atoms with Gasteiger partial charge in [-0.05, 0) is 51.9 Å². The molecule has 1 aromatic rings. The average molecular weight is 221 g/mol. The molecule has 2 heteroatoms. The van der Waals surface area contributed by atoms with Crippen LogP contribution in [0.25, 0.3) is 0 Å². The second-order valence-electron chi connectivity index (χ2n) is 5.07. The Hall–Kier alpha value is -0.860. The van der Waals surface area contributed by atoms with Crippen LogP contribution in [0.2, 0.25) is 0 Å². The highest BCUT2D eigenvalue weighted by atomic mass is 16.5. The summed E-state index contributed by atoms with van der Waals surface area (Å²) < 4.78 is 5.72. The van der Waals surface area contributed by atoms with Crippen LogP contribution in [0.4, 0.5) is 0 Å². The molecule has 1 aromatic carbocycles. The summed E-state index contributed by atoms with van der Waals surface area (Å²) >= 11 is 0. The van der Waals surface area contributed by atoms with Crippen LogP contribution in [-0.4, -0.2) is 19.2 Å². The van der Waals surface area contributed by atoms with Crippen LogP contribution in [0.5, 0.6) is 0 Å². The molecule has 0 unspecified atom stereocenters. The van der Waals surface area contributed by atoms with Gasteiger partial charge in [0.25, 0.3) is 0 Å². The number of ether oxygens (including phenoxy) is 1. The summed E-state index contributed by atoms with van der Waals surface area (Å²) in [7, 11) is 1.98. The maximum absolute atomic E-state index is 5.72. The normalized spacial score (nSPS) is 11.8. The SMILES string of the molecule is CNCCc1ccc(COC(C)(C)C)cc1. The predicted octanol–water partition coefficient (Wildman–Crippen LogP) is 2.76. The number of hydrogen-bond donors (Lipinski definition) is 1. The first kappa shape index (κ1) is 13.2. The van der Waals surface area contributed by atoms with E-state index in [-0.39, 0.29) is 5.60 Å². The molecule has 1 N–H and O–H groups in total. The summed E-state index contributed by atoms with van der Waals surface area (Å²) in [6.45, 7) is 7.95. The van der Waals surface area contributed by atoms with Crippen LogP contribution >= 0.6 is 0 Å². The first-order valence-corrected chi connectivity index (χ1v) is 5.87. The molecule has 90 valence electrons. The third-order valence-electron chi connectivity index (χ3n) is 2.36. The van der Waals surface area contributed by atoms with E-state index in [2.05, 4.69) is 50.4 Å². The predicted molar refractivity (Wildman–Crippen MR) is 68.6 cm³/mol. The van der Waals surface area contributed by atoms with Crippen molar-refractivity contribution in [3.63, 3.8) is 0 Å². The fraction of sp³-hybridized carbons (Fsp3) is 0.571. The zero-order chi connectivity index (χ0) is 12.0. The van der Waals surface area contributed by atoms with Gasteiger partial charge in [0.05, 0.1) is 12.2 Å². The molecule has 0 aliphatic rings. The largest absolute Gasteiger partial charge is 0.371 e. The highest BCUT2D eigenvalue weighted by Gasteiger charge is 2.09. The lowest BCUT2D eigenvalue weighted by Crippen LogP contribution is -2.18. The molecule has 0 amide bonds. The Bertz CT molecular complexity index is 298. The molecule has 0 bridgehead atoms. The summed E-state index contributed by atoms with van der Waals surface area (Å²) in [6.07, 6.45) is 1.08. The number of hydrogen-bond acceptors (Lipinski definition) is 2. The van der Waals surface area contributed by atoms with E-state index in [9.17, 15) is 0 Å². The lowest BCUT2D eigenvalue weighted by Gasteiger charge is -2.19. The van der Waals surface area contributed by atoms with Gasteiger partial charge in [0.1, 0.15) is 0 Å². The third kappa shape index (κ3) is 5.29. The van der Waals surface area contributed by atoms with Gasteiger partial charge in [-0.2, -0.15) is 0 Å². The van der Waals surface area contributed by atoms with Crippen molar-refractivity contribution < 1.29 is 4.74 Å². The van der Waals surface area contributed by atoms with Crippen molar-refractivity contribution in [3.8, 4) is 0 Å². The number of rotatable bonds is 5. The van der Waals surface area contributed by atoms with Crippen molar-refractivity contribution in [2.75, 3.05) is 13.6 Å². The molecule has 0 saturated carbocycles. The molecule has 0 atom stereocenters. The maximum atomic E-state index is 5.72. The Morgan fingerprint density at radius 3 is 2.12 bits per heavy atom. The second kappa shape index (κ2) is 6.02. The molecule has 0 aliphatic heterocycles. The summed E-state index contributed by atoms with van der Waals surface area (Å²) in [5.41, 5.74) is 2.54. The molecule has 16 heavy (non-hydrogen) atoms. The van der Waals surface area contributed by atoms with Crippen molar-refractivity contribution >= 4 is 0 Å². The Balaban J connectivity index is 2.45. The Labute approximate surface area is 99.0 Å². The minimum atomic E-state index is -0.0647. The van der Waals surface area contributed by atoms with E-state index in [1.165, 1.54) is 11.1 Å².